The molecule has 1 heterocycles. The molecule has 1 aliphatic carbocycles. The van der Waals surface area contributed by atoms with Crippen LogP contribution in [-0.4, -0.2) is 28.1 Å². The third-order valence-electron chi connectivity index (χ3n) is 5.07. The van der Waals surface area contributed by atoms with Crippen LogP contribution < -0.4 is 10.6 Å². The average Bonchev–Trinajstić information content (AvgIpc) is 3.02. The number of rotatable bonds is 4. The fraction of sp³-hybridized carbons (Fsp3) is 0.476. The van der Waals surface area contributed by atoms with E-state index in [1.165, 1.54) is 0 Å². The predicted molar refractivity (Wildman–Crippen MR) is 105 cm³/mol. The van der Waals surface area contributed by atoms with Crippen molar-refractivity contribution in [3.05, 3.63) is 47.3 Å². The van der Waals surface area contributed by atoms with Crippen LogP contribution >= 0.6 is 0 Å². The van der Waals surface area contributed by atoms with E-state index in [9.17, 15) is 9.59 Å². The smallest absolute Gasteiger partial charge is 0.309 e. The molecule has 144 valence electrons. The molecule has 6 heteroatoms. The van der Waals surface area contributed by atoms with Gasteiger partial charge >= 0.3 is 11.8 Å². The van der Waals surface area contributed by atoms with E-state index < -0.39 is 11.8 Å². The van der Waals surface area contributed by atoms with Gasteiger partial charge in [0.05, 0.1) is 23.6 Å². The second kappa shape index (κ2) is 7.55. The van der Waals surface area contributed by atoms with Crippen molar-refractivity contribution in [1.29, 1.82) is 0 Å². The zero-order valence-electron chi connectivity index (χ0n) is 16.5. The van der Waals surface area contributed by atoms with Gasteiger partial charge in [-0.2, -0.15) is 5.10 Å². The van der Waals surface area contributed by atoms with E-state index in [2.05, 4.69) is 48.6 Å². The van der Waals surface area contributed by atoms with Crippen molar-refractivity contribution in [3.8, 4) is 5.69 Å². The zero-order valence-corrected chi connectivity index (χ0v) is 16.5. The van der Waals surface area contributed by atoms with Gasteiger partial charge in [-0.3, -0.25) is 9.59 Å². The summed E-state index contributed by atoms with van der Waals surface area (Å²) in [7, 11) is 0. The Morgan fingerprint density at radius 2 is 2.00 bits per heavy atom. The number of hydrogen-bond acceptors (Lipinski definition) is 3. The zero-order chi connectivity index (χ0) is 19.6. The molecule has 0 radical (unpaired) electrons. The van der Waals surface area contributed by atoms with Gasteiger partial charge in [-0.05, 0) is 43.2 Å². The normalized spacial score (nSPS) is 17.9. The minimum atomic E-state index is -0.583. The molecule has 1 atom stereocenters. The number of para-hydroxylation sites is 1. The lowest BCUT2D eigenvalue weighted by Gasteiger charge is -2.35. The number of aromatic nitrogens is 2. The Morgan fingerprint density at radius 3 is 2.70 bits per heavy atom. The monoisotopic (exact) mass is 368 g/mol. The van der Waals surface area contributed by atoms with E-state index in [1.807, 2.05) is 29.9 Å². The maximum atomic E-state index is 12.3. The number of amides is 2. The summed E-state index contributed by atoms with van der Waals surface area (Å²) in [5, 5.41) is 10.2. The molecule has 0 aliphatic heterocycles. The lowest BCUT2D eigenvalue weighted by Crippen LogP contribution is -2.44. The molecule has 0 bridgehead atoms. The molecule has 2 N–H and O–H groups in total. The predicted octanol–water partition coefficient (Wildman–Crippen LogP) is 2.84. The topological polar surface area (TPSA) is 76.0 Å². The van der Waals surface area contributed by atoms with Crippen molar-refractivity contribution in [1.82, 2.24) is 20.4 Å². The molecule has 27 heavy (non-hydrogen) atoms. The lowest BCUT2D eigenvalue weighted by atomic mass is 9.74. The number of carbonyl (C=O) groups is 2. The molecule has 3 rings (SSSR count). The minimum Gasteiger partial charge on any atom is -0.348 e. The Balaban J connectivity index is 1.91. The van der Waals surface area contributed by atoms with Crippen molar-refractivity contribution < 1.29 is 9.59 Å². The van der Waals surface area contributed by atoms with Crippen LogP contribution in [0.2, 0.25) is 0 Å². The minimum absolute atomic E-state index is 0.00862. The first-order valence-electron chi connectivity index (χ1n) is 9.54. The molecule has 0 fully saturated rings. The summed E-state index contributed by atoms with van der Waals surface area (Å²) in [6.45, 7) is 8.88. The summed E-state index contributed by atoms with van der Waals surface area (Å²) < 4.78 is 1.97. The van der Waals surface area contributed by atoms with E-state index in [0.29, 0.717) is 6.54 Å². The number of hydrogen-bond donors (Lipinski definition) is 2. The fourth-order valence-corrected chi connectivity index (χ4v) is 3.72. The first-order chi connectivity index (χ1) is 12.8. The van der Waals surface area contributed by atoms with Crippen molar-refractivity contribution in [2.45, 2.75) is 53.0 Å². The summed E-state index contributed by atoms with van der Waals surface area (Å²) in [4.78, 5) is 24.3. The Morgan fingerprint density at radius 1 is 1.26 bits per heavy atom. The Hall–Kier alpha value is -2.63. The molecule has 1 aromatic heterocycles. The van der Waals surface area contributed by atoms with Gasteiger partial charge in [0.2, 0.25) is 0 Å². The van der Waals surface area contributed by atoms with Crippen LogP contribution in [-0.2, 0) is 16.0 Å². The molecule has 6 nitrogen and oxygen atoms in total. The largest absolute Gasteiger partial charge is 0.348 e. The summed E-state index contributed by atoms with van der Waals surface area (Å²) in [6.07, 6.45) is 4.26. The van der Waals surface area contributed by atoms with Gasteiger partial charge in [0, 0.05) is 12.1 Å². The van der Waals surface area contributed by atoms with Gasteiger partial charge in [0.15, 0.2) is 0 Å². The van der Waals surface area contributed by atoms with E-state index in [0.717, 1.165) is 41.8 Å². The van der Waals surface area contributed by atoms with Crippen molar-refractivity contribution in [2.75, 3.05) is 6.54 Å². The molecule has 1 aromatic carbocycles. The quantitative estimate of drug-likeness (QED) is 0.815. The number of aryl methyl sites for hydroxylation is 1. The summed E-state index contributed by atoms with van der Waals surface area (Å²) >= 11 is 0. The number of nitrogens with zero attached hydrogens (tertiary/aromatic N) is 2. The number of fused-ring (bicyclic) bond motifs is 1. The van der Waals surface area contributed by atoms with Gasteiger partial charge in [-0.25, -0.2) is 4.68 Å². The van der Waals surface area contributed by atoms with Crippen molar-refractivity contribution >= 4 is 11.8 Å². The van der Waals surface area contributed by atoms with Gasteiger partial charge in [0.25, 0.3) is 0 Å². The van der Waals surface area contributed by atoms with E-state index in [4.69, 9.17) is 0 Å². The third kappa shape index (κ3) is 4.04. The number of carbonyl (C=O) groups excluding carboxylic acids is 2. The summed E-state index contributed by atoms with van der Waals surface area (Å²) in [5.41, 5.74) is 4.27. The molecular weight excluding hydrogens is 340 g/mol. The summed E-state index contributed by atoms with van der Waals surface area (Å²) in [6, 6.07) is 7.91. The third-order valence-corrected chi connectivity index (χ3v) is 5.07. The standard InChI is InChI=1S/C21H28N4O2/c1-5-10-22-19(26)20(27)24-16-11-21(3,4)12-18-15(16)13-23-25(18)17-9-7-6-8-14(17)2/h6-9,13,16H,5,10-12H2,1-4H3,(H,22,26)(H,24,27). The Kier molecular flexibility index (Phi) is 5.35. The second-order valence-corrected chi connectivity index (χ2v) is 8.07. The highest BCUT2D eigenvalue weighted by molar-refractivity contribution is 6.35. The van der Waals surface area contributed by atoms with Crippen LogP contribution in [0.4, 0.5) is 0 Å². The van der Waals surface area contributed by atoms with Gasteiger partial charge in [-0.15, -0.1) is 0 Å². The molecule has 2 aromatic rings. The van der Waals surface area contributed by atoms with Gasteiger partial charge < -0.3 is 10.6 Å². The Labute approximate surface area is 160 Å². The molecule has 1 unspecified atom stereocenters. The highest BCUT2D eigenvalue weighted by Gasteiger charge is 2.36. The van der Waals surface area contributed by atoms with E-state index in [1.54, 1.807) is 0 Å². The van der Waals surface area contributed by atoms with Crippen LogP contribution in [0.3, 0.4) is 0 Å². The van der Waals surface area contributed by atoms with Crippen molar-refractivity contribution in [3.63, 3.8) is 0 Å². The number of nitrogens with one attached hydrogen (secondary N) is 2. The van der Waals surface area contributed by atoms with E-state index in [-0.39, 0.29) is 11.5 Å². The maximum absolute atomic E-state index is 12.3. The van der Waals surface area contributed by atoms with Crippen LogP contribution in [0.5, 0.6) is 0 Å². The molecule has 0 saturated heterocycles. The fourth-order valence-electron chi connectivity index (χ4n) is 3.72. The van der Waals surface area contributed by atoms with Crippen LogP contribution in [0.1, 0.15) is 56.5 Å². The first kappa shape index (κ1) is 19.1. The van der Waals surface area contributed by atoms with Crippen LogP contribution in [0.25, 0.3) is 5.69 Å². The Bertz CT molecular complexity index is 854. The number of benzene rings is 1. The van der Waals surface area contributed by atoms with Gasteiger partial charge in [-0.1, -0.05) is 39.0 Å². The highest BCUT2D eigenvalue weighted by Crippen LogP contribution is 2.41. The van der Waals surface area contributed by atoms with Crippen LogP contribution in [0, 0.1) is 12.3 Å². The maximum Gasteiger partial charge on any atom is 0.309 e. The molecule has 1 aliphatic rings. The second-order valence-electron chi connectivity index (χ2n) is 8.07. The molecule has 2 amide bonds. The summed E-state index contributed by atoms with van der Waals surface area (Å²) in [5.74, 6) is -1.16. The van der Waals surface area contributed by atoms with Crippen molar-refractivity contribution in [2.24, 2.45) is 5.41 Å². The molecular formula is C21H28N4O2. The highest BCUT2D eigenvalue weighted by atomic mass is 16.2. The van der Waals surface area contributed by atoms with E-state index >= 15 is 0 Å². The average molecular weight is 368 g/mol. The first-order valence-corrected chi connectivity index (χ1v) is 9.54. The molecule has 0 saturated carbocycles. The SMILES string of the molecule is CCCNC(=O)C(=O)NC1CC(C)(C)Cc2c1cnn2-c1ccccc1C. The van der Waals surface area contributed by atoms with Gasteiger partial charge in [0.1, 0.15) is 0 Å². The lowest BCUT2D eigenvalue weighted by molar-refractivity contribution is -0.139. The van der Waals surface area contributed by atoms with Crippen LogP contribution in [0.15, 0.2) is 30.5 Å². The molecule has 0 spiro atoms.